The zero-order valence-electron chi connectivity index (χ0n) is 12.5. The smallest absolute Gasteiger partial charge is 0.242 e. The molecule has 0 spiro atoms. The van der Waals surface area contributed by atoms with Crippen molar-refractivity contribution in [2.75, 3.05) is 31.7 Å². The molecule has 1 aromatic carbocycles. The van der Waals surface area contributed by atoms with Crippen molar-refractivity contribution in [3.63, 3.8) is 0 Å². The lowest BCUT2D eigenvalue weighted by molar-refractivity contribution is -0.115. The molecular weight excluding hydrogens is 288 g/mol. The molecule has 1 N–H and O–H groups in total. The SMILES string of the molecule is CN(C)CCc1ccc(NC(=O)C2CCCS2(=O)=O)cc1. The lowest BCUT2D eigenvalue weighted by atomic mass is 10.1. The minimum absolute atomic E-state index is 0.120. The average Bonchev–Trinajstić information content (AvgIpc) is 2.77. The maximum absolute atomic E-state index is 12.0. The summed E-state index contributed by atoms with van der Waals surface area (Å²) in [6, 6.07) is 7.57. The van der Waals surface area contributed by atoms with Crippen LogP contribution in [-0.4, -0.2) is 50.9 Å². The maximum Gasteiger partial charge on any atom is 0.242 e. The minimum Gasteiger partial charge on any atom is -0.325 e. The molecular formula is C15H22N2O3S. The minimum atomic E-state index is -3.25. The van der Waals surface area contributed by atoms with Crippen molar-refractivity contribution in [1.29, 1.82) is 0 Å². The molecule has 0 aliphatic carbocycles. The van der Waals surface area contributed by atoms with Gasteiger partial charge in [-0.3, -0.25) is 4.79 Å². The number of nitrogens with zero attached hydrogens (tertiary/aromatic N) is 1. The Morgan fingerprint density at radius 3 is 2.48 bits per heavy atom. The first-order chi connectivity index (χ1) is 9.88. The Morgan fingerprint density at radius 1 is 1.29 bits per heavy atom. The third-order valence-corrected chi connectivity index (χ3v) is 5.86. The van der Waals surface area contributed by atoms with E-state index in [-0.39, 0.29) is 5.75 Å². The van der Waals surface area contributed by atoms with Gasteiger partial charge < -0.3 is 10.2 Å². The van der Waals surface area contributed by atoms with Gasteiger partial charge in [0.2, 0.25) is 5.91 Å². The van der Waals surface area contributed by atoms with Crippen molar-refractivity contribution < 1.29 is 13.2 Å². The van der Waals surface area contributed by atoms with Crippen LogP contribution < -0.4 is 5.32 Å². The van der Waals surface area contributed by atoms with Crippen LogP contribution in [0.15, 0.2) is 24.3 Å². The van der Waals surface area contributed by atoms with Gasteiger partial charge in [-0.2, -0.15) is 0 Å². The van der Waals surface area contributed by atoms with Crippen molar-refractivity contribution in [1.82, 2.24) is 4.90 Å². The Labute approximate surface area is 126 Å². The number of likely N-dealkylation sites (N-methyl/N-ethyl adjacent to an activating group) is 1. The predicted octanol–water partition coefficient (Wildman–Crippen LogP) is 1.31. The Morgan fingerprint density at radius 2 is 1.95 bits per heavy atom. The molecule has 1 aliphatic heterocycles. The van der Waals surface area contributed by atoms with E-state index in [9.17, 15) is 13.2 Å². The second kappa shape index (κ2) is 6.58. The van der Waals surface area contributed by atoms with Crippen LogP contribution in [-0.2, 0) is 21.1 Å². The Balaban J connectivity index is 1.95. The van der Waals surface area contributed by atoms with Crippen LogP contribution in [0.3, 0.4) is 0 Å². The van der Waals surface area contributed by atoms with Crippen LogP contribution in [0, 0.1) is 0 Å². The summed E-state index contributed by atoms with van der Waals surface area (Å²) < 4.78 is 23.5. The number of hydrogen-bond acceptors (Lipinski definition) is 4. The highest BCUT2D eigenvalue weighted by Gasteiger charge is 2.37. The first-order valence-corrected chi connectivity index (χ1v) is 8.86. The number of anilines is 1. The van der Waals surface area contributed by atoms with Crippen LogP contribution >= 0.6 is 0 Å². The topological polar surface area (TPSA) is 66.5 Å². The summed E-state index contributed by atoms with van der Waals surface area (Å²) in [5, 5.41) is 1.82. The predicted molar refractivity (Wildman–Crippen MR) is 84.1 cm³/mol. The molecule has 1 amide bonds. The van der Waals surface area contributed by atoms with Crippen LogP contribution in [0.4, 0.5) is 5.69 Å². The van der Waals surface area contributed by atoms with Gasteiger partial charge in [-0.15, -0.1) is 0 Å². The molecule has 21 heavy (non-hydrogen) atoms. The highest BCUT2D eigenvalue weighted by atomic mass is 32.2. The second-order valence-electron chi connectivity index (χ2n) is 5.74. The van der Waals surface area contributed by atoms with Crippen molar-refractivity contribution in [2.24, 2.45) is 0 Å². The largest absolute Gasteiger partial charge is 0.325 e. The molecule has 1 atom stereocenters. The van der Waals surface area contributed by atoms with Gasteiger partial charge in [0.25, 0.3) is 0 Å². The Hall–Kier alpha value is -1.40. The third-order valence-electron chi connectivity index (χ3n) is 3.69. The molecule has 1 aliphatic rings. The van der Waals surface area contributed by atoms with Gasteiger partial charge in [-0.1, -0.05) is 12.1 Å². The van der Waals surface area contributed by atoms with Gasteiger partial charge in [0.05, 0.1) is 5.75 Å². The number of rotatable bonds is 5. The first kappa shape index (κ1) is 16.0. The molecule has 0 radical (unpaired) electrons. The van der Waals surface area contributed by atoms with Gasteiger partial charge >= 0.3 is 0 Å². The Bertz CT molecular complexity index is 594. The fraction of sp³-hybridized carbons (Fsp3) is 0.533. The molecule has 0 bridgehead atoms. The van der Waals surface area contributed by atoms with E-state index in [2.05, 4.69) is 10.2 Å². The fourth-order valence-electron chi connectivity index (χ4n) is 2.42. The molecule has 2 rings (SSSR count). The molecule has 1 saturated heterocycles. The number of amides is 1. The number of nitrogens with one attached hydrogen (secondary N) is 1. The van der Waals surface area contributed by atoms with Crippen molar-refractivity contribution >= 4 is 21.4 Å². The van der Waals surface area contributed by atoms with Crippen molar-refractivity contribution in [3.8, 4) is 0 Å². The summed E-state index contributed by atoms with van der Waals surface area (Å²) in [7, 11) is 0.799. The molecule has 0 saturated carbocycles. The van der Waals surface area contributed by atoms with E-state index in [0.717, 1.165) is 13.0 Å². The number of carbonyl (C=O) groups excluding carboxylic acids is 1. The maximum atomic E-state index is 12.0. The first-order valence-electron chi connectivity index (χ1n) is 7.14. The fourth-order valence-corrected chi connectivity index (χ4v) is 4.18. The van der Waals surface area contributed by atoms with Gasteiger partial charge in [0.1, 0.15) is 5.25 Å². The molecule has 6 heteroatoms. The third kappa shape index (κ3) is 4.28. The lowest BCUT2D eigenvalue weighted by Crippen LogP contribution is -2.31. The molecule has 1 aromatic rings. The summed E-state index contributed by atoms with van der Waals surface area (Å²) in [5.41, 5.74) is 1.84. The van der Waals surface area contributed by atoms with Gasteiger partial charge in [0, 0.05) is 12.2 Å². The number of sulfone groups is 1. The van der Waals surface area contributed by atoms with E-state index in [1.165, 1.54) is 5.56 Å². The summed E-state index contributed by atoms with van der Waals surface area (Å²) in [5.74, 6) is -0.289. The second-order valence-corrected chi connectivity index (χ2v) is 8.04. The van der Waals surface area contributed by atoms with Gasteiger partial charge in [0.15, 0.2) is 9.84 Å². The average molecular weight is 310 g/mol. The summed E-state index contributed by atoms with van der Waals surface area (Å²) in [6.07, 6.45) is 1.94. The number of carbonyl (C=O) groups is 1. The number of hydrogen-bond donors (Lipinski definition) is 1. The van der Waals surface area contributed by atoms with E-state index in [0.29, 0.717) is 18.5 Å². The lowest BCUT2D eigenvalue weighted by Gasteiger charge is -2.12. The van der Waals surface area contributed by atoms with E-state index in [1.54, 1.807) is 0 Å². The quantitative estimate of drug-likeness (QED) is 0.890. The summed E-state index contributed by atoms with van der Waals surface area (Å²) in [6.45, 7) is 0.964. The zero-order chi connectivity index (χ0) is 15.5. The van der Waals surface area contributed by atoms with Crippen molar-refractivity contribution in [3.05, 3.63) is 29.8 Å². The molecule has 0 aromatic heterocycles. The monoisotopic (exact) mass is 310 g/mol. The molecule has 1 fully saturated rings. The van der Waals surface area contributed by atoms with E-state index in [4.69, 9.17) is 0 Å². The Kier molecular flexibility index (Phi) is 5.00. The molecule has 1 heterocycles. The van der Waals surface area contributed by atoms with Crippen LogP contribution in [0.25, 0.3) is 0 Å². The summed E-state index contributed by atoms with van der Waals surface area (Å²) >= 11 is 0. The van der Waals surface area contributed by atoms with Crippen LogP contribution in [0.1, 0.15) is 18.4 Å². The van der Waals surface area contributed by atoms with E-state index >= 15 is 0 Å². The standard InChI is InChI=1S/C15H22N2O3S/c1-17(2)10-9-12-5-7-13(8-6-12)16-15(18)14-4-3-11-21(14,19)20/h5-8,14H,3-4,9-11H2,1-2H3,(H,16,18). The normalized spacial score (nSPS) is 20.6. The van der Waals surface area contributed by atoms with E-state index in [1.807, 2.05) is 38.4 Å². The highest BCUT2D eigenvalue weighted by Crippen LogP contribution is 2.21. The highest BCUT2D eigenvalue weighted by molar-refractivity contribution is 7.93. The van der Waals surface area contributed by atoms with Crippen LogP contribution in [0.5, 0.6) is 0 Å². The van der Waals surface area contributed by atoms with Crippen molar-refractivity contribution in [2.45, 2.75) is 24.5 Å². The van der Waals surface area contributed by atoms with Crippen LogP contribution in [0.2, 0.25) is 0 Å². The number of benzene rings is 1. The molecule has 5 nitrogen and oxygen atoms in total. The van der Waals surface area contributed by atoms with Gasteiger partial charge in [-0.25, -0.2) is 8.42 Å². The zero-order valence-corrected chi connectivity index (χ0v) is 13.3. The molecule has 116 valence electrons. The summed E-state index contributed by atoms with van der Waals surface area (Å²) in [4.78, 5) is 14.1. The van der Waals surface area contributed by atoms with E-state index < -0.39 is 21.0 Å². The molecule has 1 unspecified atom stereocenters. The van der Waals surface area contributed by atoms with Gasteiger partial charge in [-0.05, 0) is 51.1 Å².